The van der Waals surface area contributed by atoms with Crippen molar-refractivity contribution in [1.29, 1.82) is 0 Å². The Balaban J connectivity index is 2.08. The van der Waals surface area contributed by atoms with E-state index in [1.165, 1.54) is 5.69 Å². The first kappa shape index (κ1) is 13.7. The van der Waals surface area contributed by atoms with E-state index in [1.54, 1.807) is 0 Å². The van der Waals surface area contributed by atoms with E-state index < -0.39 is 0 Å². The summed E-state index contributed by atoms with van der Waals surface area (Å²) < 4.78 is 0. The van der Waals surface area contributed by atoms with Crippen LogP contribution >= 0.6 is 11.6 Å². The molecule has 0 amide bonds. The van der Waals surface area contributed by atoms with Gasteiger partial charge >= 0.3 is 0 Å². The van der Waals surface area contributed by atoms with Crippen molar-refractivity contribution in [2.75, 3.05) is 37.6 Å². The lowest BCUT2D eigenvalue weighted by atomic mass is 10.1. The quantitative estimate of drug-likeness (QED) is 0.913. The van der Waals surface area contributed by atoms with Crippen LogP contribution in [0.2, 0.25) is 5.02 Å². The average molecular weight is 268 g/mol. The third-order valence-electron chi connectivity index (χ3n) is 3.66. The number of anilines is 1. The highest BCUT2D eigenvalue weighted by molar-refractivity contribution is 6.31. The van der Waals surface area contributed by atoms with E-state index in [4.69, 9.17) is 17.3 Å². The van der Waals surface area contributed by atoms with E-state index in [2.05, 4.69) is 28.9 Å². The van der Waals surface area contributed by atoms with Crippen molar-refractivity contribution in [3.8, 4) is 0 Å². The van der Waals surface area contributed by atoms with E-state index in [1.807, 2.05) is 13.0 Å². The third-order valence-corrected chi connectivity index (χ3v) is 3.99. The van der Waals surface area contributed by atoms with E-state index in [-0.39, 0.29) is 6.04 Å². The Morgan fingerprint density at radius 3 is 2.44 bits per heavy atom. The number of nitrogens with zero attached hydrogens (tertiary/aromatic N) is 2. The smallest absolute Gasteiger partial charge is 0.0474 e. The summed E-state index contributed by atoms with van der Waals surface area (Å²) in [5.74, 6) is 0. The number of rotatable bonds is 3. The van der Waals surface area contributed by atoms with Crippen LogP contribution < -0.4 is 10.6 Å². The molecule has 1 heterocycles. The fourth-order valence-corrected chi connectivity index (χ4v) is 2.75. The molecule has 1 fully saturated rings. The molecule has 1 aliphatic heterocycles. The van der Waals surface area contributed by atoms with Crippen LogP contribution in [0.4, 0.5) is 5.69 Å². The first-order chi connectivity index (χ1) is 8.61. The fourth-order valence-electron chi connectivity index (χ4n) is 2.40. The molecule has 1 aromatic carbocycles. The van der Waals surface area contributed by atoms with Crippen LogP contribution in [0.1, 0.15) is 25.5 Å². The summed E-state index contributed by atoms with van der Waals surface area (Å²) in [5.41, 5.74) is 8.10. The zero-order chi connectivity index (χ0) is 13.1. The lowest BCUT2D eigenvalue weighted by molar-refractivity contribution is 0.271. The van der Waals surface area contributed by atoms with Crippen molar-refractivity contribution in [1.82, 2.24) is 4.90 Å². The van der Waals surface area contributed by atoms with Gasteiger partial charge in [-0.15, -0.1) is 0 Å². The van der Waals surface area contributed by atoms with Crippen LogP contribution in [-0.4, -0.2) is 37.6 Å². The third kappa shape index (κ3) is 2.97. The molecular weight excluding hydrogens is 246 g/mol. The second-order valence-electron chi connectivity index (χ2n) is 4.92. The van der Waals surface area contributed by atoms with Crippen molar-refractivity contribution in [3.63, 3.8) is 0 Å². The SMILES string of the molecule is CCN1CCN(c2ccc(C(C)N)c(Cl)c2)CC1. The molecule has 100 valence electrons. The molecule has 1 atom stereocenters. The molecule has 0 saturated carbocycles. The molecule has 0 radical (unpaired) electrons. The summed E-state index contributed by atoms with van der Waals surface area (Å²) in [7, 11) is 0. The molecule has 0 spiro atoms. The van der Waals surface area contributed by atoms with Gasteiger partial charge in [0.15, 0.2) is 0 Å². The monoisotopic (exact) mass is 267 g/mol. The molecule has 18 heavy (non-hydrogen) atoms. The molecule has 1 aliphatic rings. The highest BCUT2D eigenvalue weighted by atomic mass is 35.5. The number of benzene rings is 1. The van der Waals surface area contributed by atoms with Crippen LogP contribution in [0, 0.1) is 0 Å². The van der Waals surface area contributed by atoms with E-state index in [0.717, 1.165) is 43.3 Å². The number of halogens is 1. The van der Waals surface area contributed by atoms with Crippen molar-refractivity contribution < 1.29 is 0 Å². The zero-order valence-electron chi connectivity index (χ0n) is 11.2. The summed E-state index contributed by atoms with van der Waals surface area (Å²) in [4.78, 5) is 4.86. The topological polar surface area (TPSA) is 32.5 Å². The Morgan fingerprint density at radius 2 is 1.94 bits per heavy atom. The van der Waals surface area contributed by atoms with Crippen LogP contribution in [0.5, 0.6) is 0 Å². The maximum absolute atomic E-state index is 6.28. The molecule has 2 N–H and O–H groups in total. The van der Waals surface area contributed by atoms with Gasteiger partial charge in [0, 0.05) is 42.9 Å². The zero-order valence-corrected chi connectivity index (χ0v) is 12.0. The largest absolute Gasteiger partial charge is 0.369 e. The van der Waals surface area contributed by atoms with Gasteiger partial charge in [-0.2, -0.15) is 0 Å². The molecule has 3 nitrogen and oxygen atoms in total. The molecule has 0 aromatic heterocycles. The lowest BCUT2D eigenvalue weighted by Gasteiger charge is -2.35. The van der Waals surface area contributed by atoms with Crippen molar-refractivity contribution >= 4 is 17.3 Å². The maximum Gasteiger partial charge on any atom is 0.0474 e. The Morgan fingerprint density at radius 1 is 1.28 bits per heavy atom. The van der Waals surface area contributed by atoms with Crippen molar-refractivity contribution in [3.05, 3.63) is 28.8 Å². The number of piperazine rings is 1. The molecule has 1 aromatic rings. The van der Waals surface area contributed by atoms with Gasteiger partial charge in [0.2, 0.25) is 0 Å². The summed E-state index contributed by atoms with van der Waals surface area (Å²) in [6, 6.07) is 6.21. The van der Waals surface area contributed by atoms with Crippen LogP contribution in [-0.2, 0) is 0 Å². The minimum Gasteiger partial charge on any atom is -0.369 e. The molecule has 2 rings (SSSR count). The fraction of sp³-hybridized carbons (Fsp3) is 0.571. The summed E-state index contributed by atoms with van der Waals surface area (Å²) in [6.07, 6.45) is 0. The predicted octanol–water partition coefficient (Wildman–Crippen LogP) is 2.50. The lowest BCUT2D eigenvalue weighted by Crippen LogP contribution is -2.46. The Labute approximate surface area is 115 Å². The van der Waals surface area contributed by atoms with Gasteiger partial charge in [-0.25, -0.2) is 0 Å². The van der Waals surface area contributed by atoms with Crippen LogP contribution in [0.25, 0.3) is 0 Å². The number of nitrogens with two attached hydrogens (primary N) is 1. The number of hydrogen-bond acceptors (Lipinski definition) is 3. The van der Waals surface area contributed by atoms with Crippen molar-refractivity contribution in [2.45, 2.75) is 19.9 Å². The van der Waals surface area contributed by atoms with Gasteiger partial charge in [0.05, 0.1) is 0 Å². The Hall–Kier alpha value is -0.770. The van der Waals surface area contributed by atoms with Crippen molar-refractivity contribution in [2.24, 2.45) is 5.73 Å². The second-order valence-corrected chi connectivity index (χ2v) is 5.32. The van der Waals surface area contributed by atoms with E-state index >= 15 is 0 Å². The minimum absolute atomic E-state index is 0.0107. The van der Waals surface area contributed by atoms with Gasteiger partial charge < -0.3 is 15.5 Å². The Kier molecular flexibility index (Phi) is 4.49. The Bertz CT molecular complexity index is 398. The van der Waals surface area contributed by atoms with Gasteiger partial charge in [0.1, 0.15) is 0 Å². The van der Waals surface area contributed by atoms with Gasteiger partial charge in [-0.05, 0) is 31.2 Å². The molecule has 1 saturated heterocycles. The molecule has 1 unspecified atom stereocenters. The maximum atomic E-state index is 6.28. The predicted molar refractivity (Wildman–Crippen MR) is 78.4 cm³/mol. The summed E-state index contributed by atoms with van der Waals surface area (Å²) in [5, 5.41) is 0.778. The minimum atomic E-state index is -0.0107. The first-order valence-electron chi connectivity index (χ1n) is 6.64. The van der Waals surface area contributed by atoms with Crippen LogP contribution in [0.15, 0.2) is 18.2 Å². The highest BCUT2D eigenvalue weighted by Gasteiger charge is 2.16. The standard InChI is InChI=1S/C14H22ClN3/c1-3-17-6-8-18(9-7-17)12-4-5-13(11(2)16)14(15)10-12/h4-5,10-11H,3,6-9,16H2,1-2H3. The van der Waals surface area contributed by atoms with Gasteiger partial charge in [0.25, 0.3) is 0 Å². The first-order valence-corrected chi connectivity index (χ1v) is 7.02. The second kappa shape index (κ2) is 5.91. The van der Waals surface area contributed by atoms with Crippen LogP contribution in [0.3, 0.4) is 0 Å². The highest BCUT2D eigenvalue weighted by Crippen LogP contribution is 2.27. The van der Waals surface area contributed by atoms with E-state index in [9.17, 15) is 0 Å². The average Bonchev–Trinajstić information content (AvgIpc) is 2.38. The summed E-state index contributed by atoms with van der Waals surface area (Å²) >= 11 is 6.28. The number of likely N-dealkylation sites (N-methyl/N-ethyl adjacent to an activating group) is 1. The van der Waals surface area contributed by atoms with E-state index in [0.29, 0.717) is 0 Å². The molecular formula is C14H22ClN3. The molecule has 0 aliphatic carbocycles. The number of hydrogen-bond donors (Lipinski definition) is 1. The van der Waals surface area contributed by atoms with Gasteiger partial charge in [-0.3, -0.25) is 0 Å². The molecule has 0 bridgehead atoms. The van der Waals surface area contributed by atoms with Gasteiger partial charge in [-0.1, -0.05) is 24.6 Å². The molecule has 4 heteroatoms. The normalized spacial score (nSPS) is 19.0. The summed E-state index contributed by atoms with van der Waals surface area (Å²) in [6.45, 7) is 9.71.